The Labute approximate surface area is 134 Å². The number of aliphatic hydroxyl groups excluding tert-OH is 1. The lowest BCUT2D eigenvalue weighted by Crippen LogP contribution is -2.26. The fourth-order valence-corrected chi connectivity index (χ4v) is 4.10. The molecule has 0 bridgehead atoms. The van der Waals surface area contributed by atoms with Gasteiger partial charge in [0.25, 0.3) is 0 Å². The van der Waals surface area contributed by atoms with E-state index in [1.165, 1.54) is 0 Å². The predicted octanol–water partition coefficient (Wildman–Crippen LogP) is 4.02. The first-order chi connectivity index (χ1) is 10.7. The Morgan fingerprint density at radius 3 is 2.14 bits per heavy atom. The number of Topliss-reactive ketones (excluding diaryl/α,β-unsaturated/α-hetero) is 1. The summed E-state index contributed by atoms with van der Waals surface area (Å²) in [4.78, 5) is 13.8. The fraction of sp³-hybridized carbons (Fsp3) is 0.211. The molecule has 0 amide bonds. The average Bonchev–Trinajstić information content (AvgIpc) is 2.96. The Balaban J connectivity index is 2.00. The molecule has 1 fully saturated rings. The summed E-state index contributed by atoms with van der Waals surface area (Å²) in [6.45, 7) is 2.03. The van der Waals surface area contributed by atoms with E-state index >= 15 is 0 Å². The minimum absolute atomic E-state index is 0.00313. The summed E-state index contributed by atoms with van der Waals surface area (Å²) in [5.41, 5.74) is 2.84. The first kappa shape index (κ1) is 15.1. The zero-order chi connectivity index (χ0) is 15.5. The Kier molecular flexibility index (Phi) is 4.46. The fourth-order valence-electron chi connectivity index (χ4n) is 2.78. The maximum Gasteiger partial charge on any atom is 0.173 e. The molecule has 1 heterocycles. The van der Waals surface area contributed by atoms with Gasteiger partial charge in [-0.05, 0) is 18.1 Å². The van der Waals surface area contributed by atoms with Crippen molar-refractivity contribution in [2.75, 3.05) is 5.75 Å². The van der Waals surface area contributed by atoms with E-state index in [-0.39, 0.29) is 5.78 Å². The van der Waals surface area contributed by atoms with Crippen molar-refractivity contribution in [3.05, 3.63) is 76.7 Å². The quantitative estimate of drug-likeness (QED) is 0.870. The third-order valence-corrected chi connectivity index (χ3v) is 5.37. The third kappa shape index (κ3) is 2.87. The number of carbonyl (C=O) groups is 1. The highest BCUT2D eigenvalue weighted by atomic mass is 32.2. The van der Waals surface area contributed by atoms with Gasteiger partial charge < -0.3 is 5.11 Å². The molecule has 2 aromatic rings. The van der Waals surface area contributed by atoms with Gasteiger partial charge in [0, 0.05) is 16.2 Å². The molecule has 112 valence electrons. The number of thioether (sulfide) groups is 1. The van der Waals surface area contributed by atoms with Crippen LogP contribution in [0.1, 0.15) is 22.8 Å². The molecule has 22 heavy (non-hydrogen) atoms. The second-order valence-electron chi connectivity index (χ2n) is 5.44. The van der Waals surface area contributed by atoms with Gasteiger partial charge in [-0.3, -0.25) is 4.79 Å². The van der Waals surface area contributed by atoms with Crippen molar-refractivity contribution in [2.45, 2.75) is 13.0 Å². The Morgan fingerprint density at radius 2 is 1.55 bits per heavy atom. The first-order valence-corrected chi connectivity index (χ1v) is 8.33. The van der Waals surface area contributed by atoms with Gasteiger partial charge in [0.1, 0.15) is 0 Å². The summed E-state index contributed by atoms with van der Waals surface area (Å²) in [6, 6.07) is 19.3. The van der Waals surface area contributed by atoms with E-state index in [4.69, 9.17) is 0 Å². The standard InChI is InChI=1S/C19H18O2S/c1-13(14-8-4-2-5-9-14)19-17(16(20)12-22-19)18(21)15-10-6-3-7-11-15/h2-11,16-17,20H,12H2,1H3/b19-13+. The van der Waals surface area contributed by atoms with Crippen LogP contribution >= 0.6 is 11.8 Å². The molecule has 0 saturated carbocycles. The largest absolute Gasteiger partial charge is 0.391 e. The number of carbonyl (C=O) groups excluding carboxylic acids is 1. The molecule has 1 saturated heterocycles. The highest BCUT2D eigenvalue weighted by molar-refractivity contribution is 8.03. The zero-order valence-corrected chi connectivity index (χ0v) is 13.2. The highest BCUT2D eigenvalue weighted by Crippen LogP contribution is 2.42. The van der Waals surface area contributed by atoms with Gasteiger partial charge >= 0.3 is 0 Å². The lowest BCUT2D eigenvalue weighted by Gasteiger charge is -2.17. The van der Waals surface area contributed by atoms with Crippen LogP contribution in [-0.2, 0) is 0 Å². The summed E-state index contributed by atoms with van der Waals surface area (Å²) in [5, 5.41) is 10.3. The van der Waals surface area contributed by atoms with Crippen molar-refractivity contribution in [2.24, 2.45) is 5.92 Å². The van der Waals surface area contributed by atoms with Gasteiger partial charge in [-0.25, -0.2) is 0 Å². The molecule has 2 unspecified atom stereocenters. The molecule has 3 heteroatoms. The molecule has 2 nitrogen and oxygen atoms in total. The highest BCUT2D eigenvalue weighted by Gasteiger charge is 2.38. The van der Waals surface area contributed by atoms with Gasteiger partial charge in [0.15, 0.2) is 5.78 Å². The molecule has 1 N–H and O–H groups in total. The second-order valence-corrected chi connectivity index (χ2v) is 6.50. The van der Waals surface area contributed by atoms with Crippen molar-refractivity contribution in [1.29, 1.82) is 0 Å². The van der Waals surface area contributed by atoms with Gasteiger partial charge in [0.05, 0.1) is 12.0 Å². The van der Waals surface area contributed by atoms with Gasteiger partial charge in [-0.15, -0.1) is 11.8 Å². The predicted molar refractivity (Wildman–Crippen MR) is 91.8 cm³/mol. The van der Waals surface area contributed by atoms with E-state index in [2.05, 4.69) is 0 Å². The summed E-state index contributed by atoms with van der Waals surface area (Å²) >= 11 is 1.59. The molecular formula is C19H18O2S. The molecule has 0 aliphatic carbocycles. The van der Waals surface area contributed by atoms with Gasteiger partial charge in [-0.2, -0.15) is 0 Å². The normalized spacial score (nSPS) is 23.4. The number of hydrogen-bond acceptors (Lipinski definition) is 3. The summed E-state index contributed by atoms with van der Waals surface area (Å²) in [6.07, 6.45) is -0.619. The van der Waals surface area contributed by atoms with E-state index in [1.54, 1.807) is 11.8 Å². The van der Waals surface area contributed by atoms with Crippen LogP contribution < -0.4 is 0 Å². The van der Waals surface area contributed by atoms with Crippen LogP contribution in [0.25, 0.3) is 5.57 Å². The molecule has 0 radical (unpaired) electrons. The summed E-state index contributed by atoms with van der Waals surface area (Å²) in [7, 11) is 0. The first-order valence-electron chi connectivity index (χ1n) is 7.35. The monoisotopic (exact) mass is 310 g/mol. The van der Waals surface area contributed by atoms with Crippen LogP contribution in [0.5, 0.6) is 0 Å². The van der Waals surface area contributed by atoms with Crippen LogP contribution in [0, 0.1) is 5.92 Å². The van der Waals surface area contributed by atoms with Crippen molar-refractivity contribution in [3.8, 4) is 0 Å². The van der Waals surface area contributed by atoms with Crippen LogP contribution in [0.3, 0.4) is 0 Å². The van der Waals surface area contributed by atoms with Crippen molar-refractivity contribution >= 4 is 23.1 Å². The van der Waals surface area contributed by atoms with Crippen molar-refractivity contribution in [3.63, 3.8) is 0 Å². The molecule has 1 aliphatic rings. The molecule has 2 atom stereocenters. The van der Waals surface area contributed by atoms with E-state index < -0.39 is 12.0 Å². The number of hydrogen-bond donors (Lipinski definition) is 1. The van der Waals surface area contributed by atoms with E-state index in [0.29, 0.717) is 11.3 Å². The molecule has 2 aromatic carbocycles. The van der Waals surface area contributed by atoms with E-state index in [1.807, 2.05) is 67.6 Å². The van der Waals surface area contributed by atoms with E-state index in [9.17, 15) is 9.90 Å². The molecule has 3 rings (SSSR count). The zero-order valence-electron chi connectivity index (χ0n) is 12.4. The lowest BCUT2D eigenvalue weighted by atomic mass is 9.90. The molecule has 1 aliphatic heterocycles. The molecule has 0 spiro atoms. The van der Waals surface area contributed by atoms with Crippen LogP contribution in [0.2, 0.25) is 0 Å². The number of aliphatic hydroxyl groups is 1. The average molecular weight is 310 g/mol. The number of ketones is 1. The maximum atomic E-state index is 12.8. The second kappa shape index (κ2) is 6.51. The van der Waals surface area contributed by atoms with Gasteiger partial charge in [0.2, 0.25) is 0 Å². The third-order valence-electron chi connectivity index (χ3n) is 3.99. The van der Waals surface area contributed by atoms with E-state index in [0.717, 1.165) is 16.0 Å². The van der Waals surface area contributed by atoms with Crippen LogP contribution in [0.15, 0.2) is 65.6 Å². The summed E-state index contributed by atoms with van der Waals surface area (Å²) in [5.74, 6) is 0.124. The number of allylic oxidation sites excluding steroid dienone is 1. The Hall–Kier alpha value is -1.84. The minimum Gasteiger partial charge on any atom is -0.391 e. The summed E-state index contributed by atoms with van der Waals surface area (Å²) < 4.78 is 0. The smallest absolute Gasteiger partial charge is 0.173 e. The topological polar surface area (TPSA) is 37.3 Å². The van der Waals surface area contributed by atoms with Crippen LogP contribution in [0.4, 0.5) is 0 Å². The van der Waals surface area contributed by atoms with Crippen LogP contribution in [-0.4, -0.2) is 22.7 Å². The number of benzene rings is 2. The van der Waals surface area contributed by atoms with Gasteiger partial charge in [-0.1, -0.05) is 60.7 Å². The number of rotatable bonds is 3. The molecule has 0 aromatic heterocycles. The van der Waals surface area contributed by atoms with Crippen molar-refractivity contribution in [1.82, 2.24) is 0 Å². The molecular weight excluding hydrogens is 292 g/mol. The van der Waals surface area contributed by atoms with Crippen molar-refractivity contribution < 1.29 is 9.90 Å². The Bertz CT molecular complexity index is 692. The SMILES string of the molecule is C/C(=C1\SCC(O)C1C(=O)c1ccccc1)c1ccccc1. The Morgan fingerprint density at radius 1 is 1.00 bits per heavy atom. The minimum atomic E-state index is -0.619. The maximum absolute atomic E-state index is 12.8. The lowest BCUT2D eigenvalue weighted by molar-refractivity contribution is 0.0818.